The van der Waals surface area contributed by atoms with E-state index in [1.807, 2.05) is 4.90 Å². The van der Waals surface area contributed by atoms with Crippen LogP contribution in [0, 0.1) is 11.6 Å². The van der Waals surface area contributed by atoms with Gasteiger partial charge in [-0.2, -0.15) is 0 Å². The molecule has 1 amide bonds. The lowest BCUT2D eigenvalue weighted by atomic mass is 10.2. The molecule has 2 aliphatic rings. The van der Waals surface area contributed by atoms with Crippen LogP contribution in [0.1, 0.15) is 19.3 Å². The Hall–Kier alpha value is -1.84. The molecule has 0 spiro atoms. The van der Waals surface area contributed by atoms with Crippen molar-refractivity contribution >= 4 is 28.9 Å². The van der Waals surface area contributed by atoms with Gasteiger partial charge in [-0.05, 0) is 43.6 Å². The van der Waals surface area contributed by atoms with Crippen LogP contribution >= 0.6 is 12.2 Å². The van der Waals surface area contributed by atoms with Crippen molar-refractivity contribution in [2.75, 3.05) is 51.2 Å². The molecular weight excluding hydrogens is 386 g/mol. The molecule has 1 atom stereocenters. The molecule has 0 aromatic heterocycles. The van der Waals surface area contributed by atoms with Crippen molar-refractivity contribution in [3.63, 3.8) is 0 Å². The summed E-state index contributed by atoms with van der Waals surface area (Å²) in [6.45, 7) is 4.68. The largest absolute Gasteiger partial charge is 0.376 e. The Balaban J connectivity index is 1.42. The second-order valence-electron chi connectivity index (χ2n) is 7.11. The van der Waals surface area contributed by atoms with E-state index in [1.165, 1.54) is 6.07 Å². The maximum atomic E-state index is 13.7. The number of hydrogen-bond acceptors (Lipinski definition) is 4. The second-order valence-corrected chi connectivity index (χ2v) is 7.50. The molecule has 0 radical (unpaired) electrons. The van der Waals surface area contributed by atoms with Gasteiger partial charge in [0.15, 0.2) is 5.11 Å². The Labute approximate surface area is 169 Å². The number of nitrogens with one attached hydrogen (secondary N) is 2. The summed E-state index contributed by atoms with van der Waals surface area (Å²) in [4.78, 5) is 16.3. The summed E-state index contributed by atoms with van der Waals surface area (Å²) in [7, 11) is 0. The molecule has 2 heterocycles. The number of ether oxygens (including phenoxy) is 1. The van der Waals surface area contributed by atoms with E-state index < -0.39 is 11.6 Å². The predicted octanol–water partition coefficient (Wildman–Crippen LogP) is 1.96. The van der Waals surface area contributed by atoms with Crippen molar-refractivity contribution in [1.82, 2.24) is 15.1 Å². The summed E-state index contributed by atoms with van der Waals surface area (Å²) in [5, 5.41) is 6.50. The van der Waals surface area contributed by atoms with Gasteiger partial charge in [-0.3, -0.25) is 9.69 Å². The molecule has 154 valence electrons. The zero-order valence-corrected chi connectivity index (χ0v) is 16.6. The fourth-order valence-corrected chi connectivity index (χ4v) is 3.70. The van der Waals surface area contributed by atoms with Gasteiger partial charge in [-0.25, -0.2) is 8.78 Å². The average Bonchev–Trinajstić information content (AvgIpc) is 3.07. The number of benzene rings is 1. The minimum atomic E-state index is -0.780. The molecule has 6 nitrogen and oxygen atoms in total. The highest BCUT2D eigenvalue weighted by molar-refractivity contribution is 7.80. The summed E-state index contributed by atoms with van der Waals surface area (Å²) in [5.74, 6) is -1.77. The van der Waals surface area contributed by atoms with Crippen LogP contribution in [-0.4, -0.2) is 72.8 Å². The maximum absolute atomic E-state index is 13.7. The first kappa shape index (κ1) is 20.9. The van der Waals surface area contributed by atoms with Crippen LogP contribution in [0.3, 0.4) is 0 Å². The monoisotopic (exact) mass is 412 g/mol. The Kier molecular flexibility index (Phi) is 7.52. The molecule has 2 N–H and O–H groups in total. The number of halogens is 2. The molecule has 0 saturated carbocycles. The molecular formula is C19H26F2N4O2S. The molecule has 0 aliphatic carbocycles. The van der Waals surface area contributed by atoms with E-state index in [1.54, 1.807) is 0 Å². The molecule has 2 aliphatic heterocycles. The van der Waals surface area contributed by atoms with Gasteiger partial charge in [-0.15, -0.1) is 0 Å². The predicted molar refractivity (Wildman–Crippen MR) is 107 cm³/mol. The quantitative estimate of drug-likeness (QED) is 0.722. The van der Waals surface area contributed by atoms with Crippen LogP contribution in [0.4, 0.5) is 14.5 Å². The molecule has 1 aromatic carbocycles. The van der Waals surface area contributed by atoms with Crippen molar-refractivity contribution < 1.29 is 18.3 Å². The molecule has 0 bridgehead atoms. The van der Waals surface area contributed by atoms with Crippen molar-refractivity contribution in [1.29, 1.82) is 0 Å². The number of rotatable bonds is 5. The van der Waals surface area contributed by atoms with E-state index in [4.69, 9.17) is 17.0 Å². The van der Waals surface area contributed by atoms with E-state index in [0.717, 1.165) is 69.3 Å². The number of nitrogens with zero attached hydrogens (tertiary/aromatic N) is 2. The van der Waals surface area contributed by atoms with E-state index in [9.17, 15) is 13.6 Å². The Bertz CT molecular complexity index is 701. The van der Waals surface area contributed by atoms with Gasteiger partial charge in [0, 0.05) is 45.4 Å². The average molecular weight is 413 g/mol. The van der Waals surface area contributed by atoms with Gasteiger partial charge in [0.05, 0.1) is 18.3 Å². The molecule has 28 heavy (non-hydrogen) atoms. The molecule has 1 unspecified atom stereocenters. The molecule has 3 rings (SSSR count). The normalized spacial score (nSPS) is 20.6. The highest BCUT2D eigenvalue weighted by atomic mass is 32.1. The summed E-state index contributed by atoms with van der Waals surface area (Å²) >= 11 is 5.50. The summed E-state index contributed by atoms with van der Waals surface area (Å²) in [6.07, 6.45) is 3.27. The summed E-state index contributed by atoms with van der Waals surface area (Å²) in [6, 6.07) is 3.10. The van der Waals surface area contributed by atoms with Gasteiger partial charge < -0.3 is 20.3 Å². The van der Waals surface area contributed by atoms with Gasteiger partial charge >= 0.3 is 0 Å². The van der Waals surface area contributed by atoms with Crippen molar-refractivity contribution in [3.8, 4) is 0 Å². The van der Waals surface area contributed by atoms with Crippen LogP contribution in [0.25, 0.3) is 0 Å². The number of carbonyl (C=O) groups excluding carboxylic acids is 1. The van der Waals surface area contributed by atoms with Crippen molar-refractivity contribution in [3.05, 3.63) is 29.8 Å². The Morgan fingerprint density at radius 1 is 1.21 bits per heavy atom. The van der Waals surface area contributed by atoms with E-state index >= 15 is 0 Å². The minimum absolute atomic E-state index is 0.0117. The topological polar surface area (TPSA) is 56.8 Å². The first-order valence-electron chi connectivity index (χ1n) is 9.63. The van der Waals surface area contributed by atoms with E-state index in [-0.39, 0.29) is 24.2 Å². The van der Waals surface area contributed by atoms with Crippen molar-refractivity contribution in [2.45, 2.75) is 25.4 Å². The first-order chi connectivity index (χ1) is 13.5. The lowest BCUT2D eigenvalue weighted by Gasteiger charge is -2.25. The Morgan fingerprint density at radius 3 is 2.82 bits per heavy atom. The molecule has 1 aromatic rings. The lowest BCUT2D eigenvalue weighted by Crippen LogP contribution is -2.44. The first-order valence-corrected chi connectivity index (χ1v) is 10.0. The third kappa shape index (κ3) is 6.08. The number of hydrogen-bond donors (Lipinski definition) is 2. The SMILES string of the molecule is O=C(CN1CCCN(C(=S)NCC2CCCO2)CC1)Nc1ccc(F)cc1F. The highest BCUT2D eigenvalue weighted by Crippen LogP contribution is 2.15. The number of carbonyl (C=O) groups is 1. The minimum Gasteiger partial charge on any atom is -0.376 e. The summed E-state index contributed by atoms with van der Waals surface area (Å²) in [5.41, 5.74) is -0.0117. The third-order valence-electron chi connectivity index (χ3n) is 4.95. The highest BCUT2D eigenvalue weighted by Gasteiger charge is 2.21. The van der Waals surface area contributed by atoms with Gasteiger partial charge in [0.25, 0.3) is 0 Å². The lowest BCUT2D eigenvalue weighted by molar-refractivity contribution is -0.117. The standard InChI is InChI=1S/C19H26F2N4O2S/c20-14-4-5-17(16(21)11-14)23-18(26)13-24-6-2-7-25(9-8-24)19(28)22-12-15-3-1-10-27-15/h4-5,11,15H,1-3,6-10,12-13H2,(H,22,28)(H,23,26). The smallest absolute Gasteiger partial charge is 0.238 e. The van der Waals surface area contributed by atoms with Crippen LogP contribution < -0.4 is 10.6 Å². The summed E-state index contributed by atoms with van der Waals surface area (Å²) < 4.78 is 32.2. The van der Waals surface area contributed by atoms with Crippen LogP contribution in [0.2, 0.25) is 0 Å². The van der Waals surface area contributed by atoms with E-state index in [2.05, 4.69) is 15.5 Å². The number of anilines is 1. The zero-order valence-electron chi connectivity index (χ0n) is 15.8. The van der Waals surface area contributed by atoms with Gasteiger partial charge in [0.2, 0.25) is 5.91 Å². The third-order valence-corrected chi connectivity index (χ3v) is 5.36. The molecule has 9 heteroatoms. The van der Waals surface area contributed by atoms with E-state index in [0.29, 0.717) is 6.54 Å². The van der Waals surface area contributed by atoms with Crippen LogP contribution in [0.5, 0.6) is 0 Å². The molecule has 2 fully saturated rings. The van der Waals surface area contributed by atoms with Gasteiger partial charge in [0.1, 0.15) is 11.6 Å². The second kappa shape index (κ2) is 10.1. The zero-order chi connectivity index (χ0) is 19.9. The maximum Gasteiger partial charge on any atom is 0.238 e. The molecule has 2 saturated heterocycles. The fourth-order valence-electron chi connectivity index (χ4n) is 3.43. The van der Waals surface area contributed by atoms with Crippen LogP contribution in [-0.2, 0) is 9.53 Å². The Morgan fingerprint density at radius 2 is 2.07 bits per heavy atom. The number of amides is 1. The fraction of sp³-hybridized carbons (Fsp3) is 0.579. The van der Waals surface area contributed by atoms with Crippen molar-refractivity contribution in [2.24, 2.45) is 0 Å². The van der Waals surface area contributed by atoms with Crippen LogP contribution in [0.15, 0.2) is 18.2 Å². The number of thiocarbonyl (C=S) groups is 1. The van der Waals surface area contributed by atoms with Gasteiger partial charge in [-0.1, -0.05) is 0 Å².